The zero-order valence-corrected chi connectivity index (χ0v) is 18.2. The lowest BCUT2D eigenvalue weighted by Crippen LogP contribution is -2.40. The molecular weight excluding hydrogens is 378 g/mol. The molecule has 1 saturated heterocycles. The van der Waals surface area contributed by atoms with Crippen LogP contribution in [0.4, 0.5) is 5.82 Å². The molecule has 3 heterocycles. The Morgan fingerprint density at radius 1 is 1.27 bits per heavy atom. The molecule has 1 atom stereocenters. The first-order valence-electron chi connectivity index (χ1n) is 10.7. The van der Waals surface area contributed by atoms with Crippen molar-refractivity contribution in [2.24, 2.45) is 5.92 Å². The smallest absolute Gasteiger partial charge is 0.270 e. The summed E-state index contributed by atoms with van der Waals surface area (Å²) in [6, 6.07) is 1.95. The average molecular weight is 412 g/mol. The van der Waals surface area contributed by atoms with Crippen molar-refractivity contribution in [1.29, 1.82) is 0 Å². The van der Waals surface area contributed by atoms with Gasteiger partial charge in [0, 0.05) is 32.2 Å². The summed E-state index contributed by atoms with van der Waals surface area (Å²) in [5, 5.41) is 6.26. The predicted molar refractivity (Wildman–Crippen MR) is 119 cm³/mol. The van der Waals surface area contributed by atoms with Gasteiger partial charge in [-0.2, -0.15) is 0 Å². The molecule has 7 nitrogen and oxygen atoms in total. The molecular formula is C23H33N5O2. The van der Waals surface area contributed by atoms with E-state index in [1.54, 1.807) is 6.07 Å². The van der Waals surface area contributed by atoms with Crippen LogP contribution in [-0.2, 0) is 4.74 Å². The van der Waals surface area contributed by atoms with Gasteiger partial charge in [-0.05, 0) is 37.3 Å². The third-order valence-corrected chi connectivity index (χ3v) is 5.31. The van der Waals surface area contributed by atoms with Crippen molar-refractivity contribution >= 4 is 11.7 Å². The Hall–Kier alpha value is -2.51. The average Bonchev–Trinajstić information content (AvgIpc) is 2.71. The molecule has 1 aromatic rings. The molecule has 2 aliphatic rings. The van der Waals surface area contributed by atoms with Gasteiger partial charge in [-0.25, -0.2) is 9.97 Å². The van der Waals surface area contributed by atoms with Crippen LogP contribution < -0.4 is 10.6 Å². The molecule has 0 aromatic carbocycles. The quantitative estimate of drug-likeness (QED) is 0.651. The van der Waals surface area contributed by atoms with Gasteiger partial charge in [-0.1, -0.05) is 31.2 Å². The first kappa shape index (κ1) is 22.2. The molecule has 1 aromatic heterocycles. The molecule has 162 valence electrons. The molecule has 30 heavy (non-hydrogen) atoms. The van der Waals surface area contributed by atoms with Gasteiger partial charge >= 0.3 is 0 Å². The first-order valence-corrected chi connectivity index (χ1v) is 10.7. The van der Waals surface area contributed by atoms with E-state index >= 15 is 0 Å². The number of carbonyl (C=O) groups is 1. The van der Waals surface area contributed by atoms with Crippen LogP contribution in [0.25, 0.3) is 0 Å². The van der Waals surface area contributed by atoms with Crippen LogP contribution in [0.15, 0.2) is 47.8 Å². The van der Waals surface area contributed by atoms with Crippen molar-refractivity contribution < 1.29 is 9.53 Å². The molecule has 1 fully saturated rings. The van der Waals surface area contributed by atoms with Crippen molar-refractivity contribution in [3.8, 4) is 0 Å². The third kappa shape index (κ3) is 6.24. The highest BCUT2D eigenvalue weighted by atomic mass is 16.5. The lowest BCUT2D eigenvalue weighted by atomic mass is 9.98. The zero-order valence-electron chi connectivity index (χ0n) is 18.2. The summed E-state index contributed by atoms with van der Waals surface area (Å²) in [4.78, 5) is 23.3. The van der Waals surface area contributed by atoms with E-state index in [-0.39, 0.29) is 11.9 Å². The van der Waals surface area contributed by atoms with Crippen LogP contribution in [-0.4, -0.2) is 66.2 Å². The lowest BCUT2D eigenvalue weighted by molar-refractivity contribution is 0.0209. The molecule has 2 aliphatic heterocycles. The normalized spacial score (nSPS) is 19.3. The number of hydrogen-bond acceptors (Lipinski definition) is 6. The minimum atomic E-state index is -0.166. The monoisotopic (exact) mass is 411 g/mol. The van der Waals surface area contributed by atoms with Gasteiger partial charge in [0.05, 0.1) is 19.3 Å². The number of allylic oxidation sites excluding steroid dienone is 3. The molecule has 1 amide bonds. The van der Waals surface area contributed by atoms with Gasteiger partial charge in [-0.15, -0.1) is 0 Å². The fourth-order valence-corrected chi connectivity index (χ4v) is 3.72. The first-order chi connectivity index (χ1) is 14.6. The fourth-order valence-electron chi connectivity index (χ4n) is 3.72. The largest absolute Gasteiger partial charge is 0.377 e. The number of ether oxygens (including phenoxy) is 1. The Bertz CT molecular complexity index is 814. The van der Waals surface area contributed by atoms with E-state index in [0.717, 1.165) is 26.1 Å². The number of aromatic nitrogens is 2. The minimum absolute atomic E-state index is 0.166. The second-order valence-corrected chi connectivity index (χ2v) is 8.02. The summed E-state index contributed by atoms with van der Waals surface area (Å²) >= 11 is 0. The molecule has 1 unspecified atom stereocenters. The standard InChI is InChI=1S/C23H33N5O2/c1-4-6-18-8-9-28(13-19(18)7-5-2)12-17(3)11-24-23(29)21-10-22(26-16-25-21)27-20-14-30-15-20/h4-7,10,16-17,20H,8-9,11-15H2,1-3H3,(H,24,29)(H,25,26,27)/b6-4-,7-5-. The van der Waals surface area contributed by atoms with Crippen LogP contribution in [0.1, 0.15) is 37.7 Å². The maximum Gasteiger partial charge on any atom is 0.270 e. The lowest BCUT2D eigenvalue weighted by Gasteiger charge is -2.31. The van der Waals surface area contributed by atoms with E-state index < -0.39 is 0 Å². The van der Waals surface area contributed by atoms with E-state index in [0.29, 0.717) is 37.2 Å². The third-order valence-electron chi connectivity index (χ3n) is 5.31. The van der Waals surface area contributed by atoms with Crippen LogP contribution >= 0.6 is 0 Å². The predicted octanol–water partition coefficient (Wildman–Crippen LogP) is 2.81. The molecule has 3 rings (SSSR count). The summed E-state index contributed by atoms with van der Waals surface area (Å²) < 4.78 is 5.15. The Kier molecular flexibility index (Phi) is 8.16. The number of nitrogens with zero attached hydrogens (tertiary/aromatic N) is 3. The van der Waals surface area contributed by atoms with Crippen molar-refractivity contribution in [3.63, 3.8) is 0 Å². The number of rotatable bonds is 9. The van der Waals surface area contributed by atoms with Crippen molar-refractivity contribution in [3.05, 3.63) is 53.5 Å². The Morgan fingerprint density at radius 3 is 2.73 bits per heavy atom. The van der Waals surface area contributed by atoms with E-state index in [1.165, 1.54) is 17.5 Å². The van der Waals surface area contributed by atoms with Gasteiger partial charge in [-0.3, -0.25) is 9.69 Å². The SMILES string of the molecule is C/C=C\C1=C(/C=C\C)CN(CC(C)CNC(=O)c2cc(NC3COC3)ncn2)CC1. The van der Waals surface area contributed by atoms with Gasteiger partial charge in [0.15, 0.2) is 0 Å². The van der Waals surface area contributed by atoms with Crippen LogP contribution in [0.3, 0.4) is 0 Å². The topological polar surface area (TPSA) is 79.4 Å². The van der Waals surface area contributed by atoms with Crippen molar-refractivity contribution in [2.45, 2.75) is 33.2 Å². The highest BCUT2D eigenvalue weighted by Gasteiger charge is 2.20. The van der Waals surface area contributed by atoms with Gasteiger partial charge in [0.2, 0.25) is 0 Å². The van der Waals surface area contributed by atoms with Crippen molar-refractivity contribution in [2.75, 3.05) is 44.7 Å². The Balaban J connectivity index is 1.48. The molecule has 0 spiro atoms. The van der Waals surface area contributed by atoms with E-state index in [1.807, 2.05) is 0 Å². The highest BCUT2D eigenvalue weighted by molar-refractivity contribution is 5.92. The van der Waals surface area contributed by atoms with Crippen molar-refractivity contribution in [1.82, 2.24) is 20.2 Å². The second-order valence-electron chi connectivity index (χ2n) is 8.02. The Morgan fingerprint density at radius 2 is 2.03 bits per heavy atom. The van der Waals surface area contributed by atoms with E-state index in [2.05, 4.69) is 70.6 Å². The van der Waals surface area contributed by atoms with E-state index in [4.69, 9.17) is 4.74 Å². The molecule has 0 bridgehead atoms. The number of nitrogens with one attached hydrogen (secondary N) is 2. The number of anilines is 1. The Labute approximate surface area is 179 Å². The molecule has 2 N–H and O–H groups in total. The number of amides is 1. The van der Waals surface area contributed by atoms with E-state index in [9.17, 15) is 4.79 Å². The molecule has 7 heteroatoms. The number of carbonyl (C=O) groups excluding carboxylic acids is 1. The minimum Gasteiger partial charge on any atom is -0.377 e. The fraction of sp³-hybridized carbons (Fsp3) is 0.522. The maximum absolute atomic E-state index is 12.5. The zero-order chi connectivity index (χ0) is 21.3. The molecule has 0 saturated carbocycles. The van der Waals surface area contributed by atoms with Gasteiger partial charge in [0.1, 0.15) is 17.8 Å². The van der Waals surface area contributed by atoms with Crippen LogP contribution in [0.2, 0.25) is 0 Å². The molecule has 0 radical (unpaired) electrons. The van der Waals surface area contributed by atoms with Gasteiger partial charge in [0.25, 0.3) is 5.91 Å². The highest BCUT2D eigenvalue weighted by Crippen LogP contribution is 2.21. The summed E-state index contributed by atoms with van der Waals surface area (Å²) in [7, 11) is 0. The summed E-state index contributed by atoms with van der Waals surface area (Å²) in [5.41, 5.74) is 3.19. The van der Waals surface area contributed by atoms with Crippen LogP contribution in [0.5, 0.6) is 0 Å². The van der Waals surface area contributed by atoms with Gasteiger partial charge < -0.3 is 15.4 Å². The number of hydrogen-bond donors (Lipinski definition) is 2. The molecule has 0 aliphatic carbocycles. The summed E-state index contributed by atoms with van der Waals surface area (Å²) in [5.74, 6) is 0.835. The maximum atomic E-state index is 12.5. The summed E-state index contributed by atoms with van der Waals surface area (Å²) in [6.07, 6.45) is 11.1. The summed E-state index contributed by atoms with van der Waals surface area (Å²) in [6.45, 7) is 11.2. The second kappa shape index (κ2) is 11.0. The van der Waals surface area contributed by atoms with Crippen LogP contribution in [0, 0.1) is 5.92 Å².